The van der Waals surface area contributed by atoms with E-state index in [9.17, 15) is 0 Å². The van der Waals surface area contributed by atoms with Crippen LogP contribution in [0.3, 0.4) is 0 Å². The number of thiazole rings is 1. The molecular formula is C14H17N3OS. The first-order valence-corrected chi connectivity index (χ1v) is 7.04. The largest absolute Gasteiger partial charge is 0.463 e. The lowest BCUT2D eigenvalue weighted by Crippen LogP contribution is -2.13. The fourth-order valence-electron chi connectivity index (χ4n) is 1.48. The lowest BCUT2D eigenvalue weighted by molar-refractivity contribution is 0.575. The molecule has 2 rings (SSSR count). The van der Waals surface area contributed by atoms with E-state index in [-0.39, 0.29) is 0 Å². The maximum atomic E-state index is 5.45. The fourth-order valence-corrected chi connectivity index (χ4v) is 2.30. The van der Waals surface area contributed by atoms with Gasteiger partial charge in [0.2, 0.25) is 4.80 Å². The zero-order valence-electron chi connectivity index (χ0n) is 11.2. The summed E-state index contributed by atoms with van der Waals surface area (Å²) >= 11 is 1.55. The molecule has 4 nitrogen and oxygen atoms in total. The topological polar surface area (TPSA) is 42.8 Å². The van der Waals surface area contributed by atoms with Crippen LogP contribution in [0.1, 0.15) is 20.3 Å². The van der Waals surface area contributed by atoms with E-state index in [4.69, 9.17) is 4.42 Å². The molecule has 0 fully saturated rings. The first-order valence-electron chi connectivity index (χ1n) is 6.16. The van der Waals surface area contributed by atoms with Gasteiger partial charge in [-0.25, -0.2) is 4.68 Å². The minimum atomic E-state index is 0.582. The Morgan fingerprint density at radius 3 is 3.05 bits per heavy atom. The molecule has 2 aromatic heterocycles. The van der Waals surface area contributed by atoms with Gasteiger partial charge in [-0.1, -0.05) is 13.0 Å². The van der Waals surface area contributed by atoms with Gasteiger partial charge < -0.3 is 4.42 Å². The minimum Gasteiger partial charge on any atom is -0.463 e. The highest BCUT2D eigenvalue weighted by atomic mass is 32.1. The van der Waals surface area contributed by atoms with E-state index in [1.54, 1.807) is 23.7 Å². The standard InChI is InChI=1S/C14H17N3OS/c1-4-8-15-14-17(16-11(3)5-2)12(10-19-14)13-7-6-9-18-13/h4,6-7,9-10H,1,5,8H2,2-3H3/b15-14?,16-11-. The van der Waals surface area contributed by atoms with Gasteiger partial charge in [0.1, 0.15) is 5.69 Å². The van der Waals surface area contributed by atoms with Gasteiger partial charge in [-0.2, -0.15) is 5.10 Å². The van der Waals surface area contributed by atoms with E-state index in [0.717, 1.165) is 28.4 Å². The van der Waals surface area contributed by atoms with Crippen molar-refractivity contribution in [3.8, 4) is 11.5 Å². The van der Waals surface area contributed by atoms with Crippen LogP contribution in [0, 0.1) is 0 Å². The summed E-state index contributed by atoms with van der Waals surface area (Å²) in [4.78, 5) is 5.30. The van der Waals surface area contributed by atoms with Crippen molar-refractivity contribution in [3.63, 3.8) is 0 Å². The number of hydrogen-bond donors (Lipinski definition) is 0. The summed E-state index contributed by atoms with van der Waals surface area (Å²) in [7, 11) is 0. The Morgan fingerprint density at radius 1 is 1.58 bits per heavy atom. The Hall–Kier alpha value is -1.88. The van der Waals surface area contributed by atoms with E-state index in [2.05, 4.69) is 23.6 Å². The average Bonchev–Trinajstić information content (AvgIpc) is 3.05. The number of rotatable bonds is 5. The van der Waals surface area contributed by atoms with Gasteiger partial charge in [0, 0.05) is 11.1 Å². The molecule has 0 radical (unpaired) electrons. The molecule has 0 aromatic carbocycles. The van der Waals surface area contributed by atoms with Crippen molar-refractivity contribution in [3.05, 3.63) is 41.2 Å². The highest BCUT2D eigenvalue weighted by molar-refractivity contribution is 7.07. The summed E-state index contributed by atoms with van der Waals surface area (Å²) in [6, 6.07) is 3.79. The first-order chi connectivity index (χ1) is 9.26. The lowest BCUT2D eigenvalue weighted by atomic mass is 10.3. The molecule has 19 heavy (non-hydrogen) atoms. The van der Waals surface area contributed by atoms with Gasteiger partial charge in [-0.15, -0.1) is 17.9 Å². The molecule has 0 amide bonds. The SMILES string of the molecule is C=CCN=c1scc(-c2ccco2)n1/N=C(/C)CC. The summed E-state index contributed by atoms with van der Waals surface area (Å²) in [6.07, 6.45) is 4.34. The molecule has 0 unspecified atom stereocenters. The normalized spacial score (nSPS) is 12.9. The monoisotopic (exact) mass is 275 g/mol. The number of aromatic nitrogens is 1. The molecule has 100 valence electrons. The van der Waals surface area contributed by atoms with Crippen LogP contribution in [0.4, 0.5) is 0 Å². The van der Waals surface area contributed by atoms with Gasteiger partial charge in [0.25, 0.3) is 0 Å². The van der Waals surface area contributed by atoms with E-state index in [1.165, 1.54) is 0 Å². The minimum absolute atomic E-state index is 0.582. The molecule has 0 atom stereocenters. The summed E-state index contributed by atoms with van der Waals surface area (Å²) < 4.78 is 7.29. The molecule has 2 heterocycles. The number of hydrogen-bond acceptors (Lipinski definition) is 4. The highest BCUT2D eigenvalue weighted by Gasteiger charge is 2.09. The van der Waals surface area contributed by atoms with Crippen molar-refractivity contribution in [2.24, 2.45) is 10.1 Å². The van der Waals surface area contributed by atoms with E-state index in [1.807, 2.05) is 29.1 Å². The molecule has 0 saturated heterocycles. The Bertz CT molecular complexity index is 632. The molecule has 0 spiro atoms. The lowest BCUT2D eigenvalue weighted by Gasteiger charge is -2.02. The van der Waals surface area contributed by atoms with Crippen LogP contribution in [0.25, 0.3) is 11.5 Å². The van der Waals surface area contributed by atoms with Crippen molar-refractivity contribution < 1.29 is 4.42 Å². The maximum Gasteiger partial charge on any atom is 0.206 e. The second kappa shape index (κ2) is 6.33. The highest BCUT2D eigenvalue weighted by Crippen LogP contribution is 2.20. The van der Waals surface area contributed by atoms with Gasteiger partial charge in [0.15, 0.2) is 5.76 Å². The average molecular weight is 275 g/mol. The second-order valence-electron chi connectivity index (χ2n) is 4.01. The molecular weight excluding hydrogens is 258 g/mol. The molecule has 0 aliphatic carbocycles. The third-order valence-corrected chi connectivity index (χ3v) is 3.45. The third-order valence-electron chi connectivity index (χ3n) is 2.60. The van der Waals surface area contributed by atoms with Crippen LogP contribution >= 0.6 is 11.3 Å². The van der Waals surface area contributed by atoms with Gasteiger partial charge >= 0.3 is 0 Å². The van der Waals surface area contributed by atoms with Crippen LogP contribution in [0.2, 0.25) is 0 Å². The predicted octanol–water partition coefficient (Wildman–Crippen LogP) is 3.53. The molecule has 0 aliphatic heterocycles. The first kappa shape index (κ1) is 13.5. The zero-order valence-corrected chi connectivity index (χ0v) is 12.0. The summed E-state index contributed by atoms with van der Waals surface area (Å²) in [5.74, 6) is 0.795. The van der Waals surface area contributed by atoms with Crippen molar-refractivity contribution in [2.45, 2.75) is 20.3 Å². The van der Waals surface area contributed by atoms with Crippen LogP contribution < -0.4 is 4.80 Å². The van der Waals surface area contributed by atoms with Crippen molar-refractivity contribution >= 4 is 17.0 Å². The zero-order chi connectivity index (χ0) is 13.7. The molecule has 0 N–H and O–H groups in total. The van der Waals surface area contributed by atoms with Crippen molar-refractivity contribution in [1.82, 2.24) is 4.68 Å². The Kier molecular flexibility index (Phi) is 4.52. The van der Waals surface area contributed by atoms with Crippen LogP contribution in [0.15, 0.2) is 50.9 Å². The smallest absolute Gasteiger partial charge is 0.206 e. The van der Waals surface area contributed by atoms with Crippen LogP contribution in [-0.2, 0) is 0 Å². The number of nitrogens with zero attached hydrogens (tertiary/aromatic N) is 3. The Balaban J connectivity index is 2.56. The van der Waals surface area contributed by atoms with Crippen LogP contribution in [-0.4, -0.2) is 16.9 Å². The molecule has 5 heteroatoms. The van der Waals surface area contributed by atoms with E-state index >= 15 is 0 Å². The van der Waals surface area contributed by atoms with Gasteiger partial charge in [-0.3, -0.25) is 4.99 Å². The quantitative estimate of drug-likeness (QED) is 0.608. The molecule has 0 aliphatic rings. The van der Waals surface area contributed by atoms with Crippen molar-refractivity contribution in [2.75, 3.05) is 6.54 Å². The second-order valence-corrected chi connectivity index (χ2v) is 4.85. The molecule has 0 bridgehead atoms. The summed E-state index contributed by atoms with van der Waals surface area (Å²) in [5.41, 5.74) is 1.97. The van der Waals surface area contributed by atoms with E-state index < -0.39 is 0 Å². The Morgan fingerprint density at radius 2 is 2.42 bits per heavy atom. The fraction of sp³-hybridized carbons (Fsp3) is 0.286. The summed E-state index contributed by atoms with van der Waals surface area (Å²) in [6.45, 7) is 8.36. The maximum absolute atomic E-state index is 5.45. The molecule has 2 aromatic rings. The third kappa shape index (κ3) is 3.12. The van der Waals surface area contributed by atoms with E-state index in [0.29, 0.717) is 6.54 Å². The number of furan rings is 1. The van der Waals surface area contributed by atoms with Gasteiger partial charge in [0.05, 0.1) is 12.8 Å². The Labute approximate surface area is 116 Å². The summed E-state index contributed by atoms with van der Waals surface area (Å²) in [5, 5.41) is 6.61. The van der Waals surface area contributed by atoms with Crippen LogP contribution in [0.5, 0.6) is 0 Å². The predicted molar refractivity (Wildman–Crippen MR) is 79.4 cm³/mol. The molecule has 0 saturated carbocycles. The van der Waals surface area contributed by atoms with Gasteiger partial charge in [-0.05, 0) is 25.5 Å². The van der Waals surface area contributed by atoms with Crippen molar-refractivity contribution in [1.29, 1.82) is 0 Å².